The van der Waals surface area contributed by atoms with Crippen LogP contribution in [-0.2, 0) is 9.59 Å². The number of likely N-dealkylation sites (tertiary alicyclic amines) is 1. The molecule has 2 aliphatic rings. The number of nitrogens with two attached hydrogens (primary N) is 1. The van der Waals surface area contributed by atoms with Crippen LogP contribution >= 0.6 is 0 Å². The zero-order chi connectivity index (χ0) is 15.6. The van der Waals surface area contributed by atoms with Crippen LogP contribution in [0.1, 0.15) is 39.0 Å². The lowest BCUT2D eigenvalue weighted by Crippen LogP contribution is -2.50. The van der Waals surface area contributed by atoms with Crippen molar-refractivity contribution in [2.45, 2.75) is 45.1 Å². The van der Waals surface area contributed by atoms with E-state index < -0.39 is 23.5 Å². The third kappa shape index (κ3) is 2.82. The number of nitrogens with zero attached hydrogens (tertiary/aromatic N) is 1. The number of carbonyl (C=O) groups excluding carboxylic acids is 2. The van der Waals surface area contributed by atoms with Gasteiger partial charge in [-0.2, -0.15) is 0 Å². The molecule has 1 heterocycles. The van der Waals surface area contributed by atoms with Gasteiger partial charge in [-0.1, -0.05) is 19.8 Å². The molecule has 0 aromatic heterocycles. The number of carboxylic acid groups (broad SMARTS) is 1. The van der Waals surface area contributed by atoms with E-state index in [9.17, 15) is 19.5 Å². The number of rotatable bonds is 5. The van der Waals surface area contributed by atoms with Gasteiger partial charge in [-0.25, -0.2) is 4.79 Å². The topological polar surface area (TPSA) is 113 Å². The molecule has 1 saturated carbocycles. The number of urea groups is 1. The zero-order valence-corrected chi connectivity index (χ0v) is 12.3. The first kappa shape index (κ1) is 15.6. The monoisotopic (exact) mass is 297 g/mol. The Morgan fingerprint density at radius 1 is 1.48 bits per heavy atom. The van der Waals surface area contributed by atoms with Gasteiger partial charge in [0.2, 0.25) is 5.91 Å². The predicted molar refractivity (Wildman–Crippen MR) is 75.4 cm³/mol. The van der Waals surface area contributed by atoms with E-state index in [2.05, 4.69) is 5.32 Å². The number of carboxylic acids is 1. The molecule has 1 aliphatic carbocycles. The summed E-state index contributed by atoms with van der Waals surface area (Å²) in [4.78, 5) is 36.8. The number of aliphatic carboxylic acids is 1. The van der Waals surface area contributed by atoms with Crippen LogP contribution in [0, 0.1) is 11.3 Å². The van der Waals surface area contributed by atoms with Gasteiger partial charge in [0.25, 0.3) is 0 Å². The molecule has 0 spiro atoms. The summed E-state index contributed by atoms with van der Waals surface area (Å²) in [7, 11) is 0. The Morgan fingerprint density at radius 2 is 2.19 bits per heavy atom. The maximum Gasteiger partial charge on any atom is 0.312 e. The van der Waals surface area contributed by atoms with Gasteiger partial charge in [0.1, 0.15) is 6.04 Å². The molecule has 0 bridgehead atoms. The van der Waals surface area contributed by atoms with Gasteiger partial charge >= 0.3 is 12.0 Å². The van der Waals surface area contributed by atoms with Crippen molar-refractivity contribution in [3.63, 3.8) is 0 Å². The van der Waals surface area contributed by atoms with Crippen molar-refractivity contribution in [2.24, 2.45) is 17.1 Å². The average Bonchev–Trinajstić information content (AvgIpc) is 2.94. The van der Waals surface area contributed by atoms with Crippen LogP contribution in [0.3, 0.4) is 0 Å². The number of hydrogen-bond donors (Lipinski definition) is 3. The third-order valence-electron chi connectivity index (χ3n) is 4.80. The van der Waals surface area contributed by atoms with E-state index in [4.69, 9.17) is 5.73 Å². The first-order chi connectivity index (χ1) is 9.90. The number of hydrogen-bond acceptors (Lipinski definition) is 3. The van der Waals surface area contributed by atoms with Crippen LogP contribution in [0.2, 0.25) is 0 Å². The fourth-order valence-electron chi connectivity index (χ4n) is 3.74. The Balaban J connectivity index is 2.10. The highest BCUT2D eigenvalue weighted by atomic mass is 16.4. The van der Waals surface area contributed by atoms with Gasteiger partial charge < -0.3 is 21.1 Å². The molecule has 4 N–H and O–H groups in total. The summed E-state index contributed by atoms with van der Waals surface area (Å²) >= 11 is 0. The zero-order valence-electron chi connectivity index (χ0n) is 12.3. The van der Waals surface area contributed by atoms with E-state index in [1.807, 2.05) is 6.92 Å². The molecule has 7 nitrogen and oxygen atoms in total. The molecule has 3 amide bonds. The molecular formula is C14H23N3O4. The Bertz CT molecular complexity index is 454. The maximum atomic E-state index is 12.5. The van der Waals surface area contributed by atoms with E-state index in [0.717, 1.165) is 19.3 Å². The number of primary amides is 1. The summed E-state index contributed by atoms with van der Waals surface area (Å²) in [6.45, 7) is 2.62. The molecule has 0 radical (unpaired) electrons. The standard InChI is InChI=1S/C14H23N3O4/c1-2-4-10(16-13(15)21)11(18)17-7-9-5-3-6-14(9,8-17)12(19)20/h9-10H,2-8H2,1H3,(H,19,20)(H3,15,16,21)/t9-,10+,14+/m0/s1. The Hall–Kier alpha value is -1.79. The van der Waals surface area contributed by atoms with Crippen LogP contribution in [-0.4, -0.2) is 47.0 Å². The second-order valence-electron chi connectivity index (χ2n) is 6.12. The maximum absolute atomic E-state index is 12.5. The molecule has 0 unspecified atom stereocenters. The van der Waals surface area contributed by atoms with Crippen molar-refractivity contribution in [1.82, 2.24) is 10.2 Å². The number of fused-ring (bicyclic) bond motifs is 1. The van der Waals surface area contributed by atoms with Crippen LogP contribution < -0.4 is 11.1 Å². The van der Waals surface area contributed by atoms with Crippen molar-refractivity contribution >= 4 is 17.9 Å². The second-order valence-corrected chi connectivity index (χ2v) is 6.12. The second kappa shape index (κ2) is 5.91. The summed E-state index contributed by atoms with van der Waals surface area (Å²) in [5.74, 6) is -1.00. The molecule has 118 valence electrons. The first-order valence-corrected chi connectivity index (χ1v) is 7.49. The molecule has 1 saturated heterocycles. The summed E-state index contributed by atoms with van der Waals surface area (Å²) < 4.78 is 0. The predicted octanol–water partition coefficient (Wildman–Crippen LogP) is 0.537. The van der Waals surface area contributed by atoms with Crippen LogP contribution in [0.25, 0.3) is 0 Å². The van der Waals surface area contributed by atoms with Gasteiger partial charge in [-0.15, -0.1) is 0 Å². The lowest BCUT2D eigenvalue weighted by molar-refractivity contribution is -0.149. The minimum atomic E-state index is -0.810. The lowest BCUT2D eigenvalue weighted by atomic mass is 9.81. The van der Waals surface area contributed by atoms with Gasteiger partial charge in [-0.05, 0) is 25.2 Å². The highest BCUT2D eigenvalue weighted by molar-refractivity contribution is 5.88. The Morgan fingerprint density at radius 3 is 2.71 bits per heavy atom. The van der Waals surface area contributed by atoms with Crippen molar-refractivity contribution in [3.05, 3.63) is 0 Å². The summed E-state index contributed by atoms with van der Waals surface area (Å²) in [5.41, 5.74) is 4.32. The van der Waals surface area contributed by atoms with E-state index in [-0.39, 0.29) is 18.4 Å². The number of amides is 3. The van der Waals surface area contributed by atoms with Crippen molar-refractivity contribution in [3.8, 4) is 0 Å². The molecule has 2 rings (SSSR count). The molecule has 0 aromatic rings. The Labute approximate surface area is 123 Å². The van der Waals surface area contributed by atoms with E-state index in [1.165, 1.54) is 0 Å². The van der Waals surface area contributed by atoms with E-state index in [1.54, 1.807) is 4.90 Å². The van der Waals surface area contributed by atoms with Gasteiger partial charge in [0, 0.05) is 13.1 Å². The quantitative estimate of drug-likeness (QED) is 0.687. The summed E-state index contributed by atoms with van der Waals surface area (Å²) in [5, 5.41) is 12.0. The third-order valence-corrected chi connectivity index (χ3v) is 4.80. The SMILES string of the molecule is CCC[C@@H](NC(N)=O)C(=O)N1C[C@@H]2CCC[C@@]2(C(=O)O)C1. The fourth-order valence-corrected chi connectivity index (χ4v) is 3.74. The van der Waals surface area contributed by atoms with Crippen LogP contribution in [0.15, 0.2) is 0 Å². The molecule has 0 aromatic carbocycles. The van der Waals surface area contributed by atoms with Crippen LogP contribution in [0.5, 0.6) is 0 Å². The minimum absolute atomic E-state index is 0.0230. The smallest absolute Gasteiger partial charge is 0.312 e. The van der Waals surface area contributed by atoms with Gasteiger partial charge in [-0.3, -0.25) is 9.59 Å². The normalized spacial score (nSPS) is 29.0. The Kier molecular flexibility index (Phi) is 4.39. The highest BCUT2D eigenvalue weighted by Crippen LogP contribution is 2.49. The minimum Gasteiger partial charge on any atom is -0.481 e. The average molecular weight is 297 g/mol. The number of nitrogens with one attached hydrogen (secondary N) is 1. The molecular weight excluding hydrogens is 274 g/mol. The summed E-state index contributed by atoms with van der Waals surface area (Å²) in [6, 6.07) is -1.38. The molecule has 7 heteroatoms. The van der Waals surface area contributed by atoms with Crippen LogP contribution in [0.4, 0.5) is 4.79 Å². The lowest BCUT2D eigenvalue weighted by Gasteiger charge is -2.26. The fraction of sp³-hybridized carbons (Fsp3) is 0.786. The summed E-state index contributed by atoms with van der Waals surface area (Å²) in [6.07, 6.45) is 3.61. The molecule has 21 heavy (non-hydrogen) atoms. The first-order valence-electron chi connectivity index (χ1n) is 7.49. The molecule has 2 fully saturated rings. The largest absolute Gasteiger partial charge is 0.481 e. The number of carbonyl (C=O) groups is 3. The van der Waals surface area contributed by atoms with E-state index in [0.29, 0.717) is 19.4 Å². The van der Waals surface area contributed by atoms with Crippen molar-refractivity contribution < 1.29 is 19.5 Å². The van der Waals surface area contributed by atoms with Gasteiger partial charge in [0.15, 0.2) is 0 Å². The van der Waals surface area contributed by atoms with E-state index >= 15 is 0 Å². The highest BCUT2D eigenvalue weighted by Gasteiger charge is 2.56. The van der Waals surface area contributed by atoms with Crippen molar-refractivity contribution in [2.75, 3.05) is 13.1 Å². The molecule has 3 atom stereocenters. The molecule has 1 aliphatic heterocycles. The van der Waals surface area contributed by atoms with Crippen molar-refractivity contribution in [1.29, 1.82) is 0 Å². The van der Waals surface area contributed by atoms with Gasteiger partial charge in [0.05, 0.1) is 5.41 Å².